The lowest BCUT2D eigenvalue weighted by Gasteiger charge is -2.13. The van der Waals surface area contributed by atoms with Crippen LogP contribution < -0.4 is 5.32 Å². The fourth-order valence-electron chi connectivity index (χ4n) is 2.70. The molecule has 0 aromatic carbocycles. The van der Waals surface area contributed by atoms with E-state index in [-0.39, 0.29) is 16.3 Å². The molecule has 1 N–H and O–H groups in total. The summed E-state index contributed by atoms with van der Waals surface area (Å²) in [6.45, 7) is 1.86. The Morgan fingerprint density at radius 3 is 2.96 bits per heavy atom. The fraction of sp³-hybridized carbons (Fsp3) is 0.333. The quantitative estimate of drug-likeness (QED) is 0.453. The zero-order valence-corrected chi connectivity index (χ0v) is 17.0. The van der Waals surface area contributed by atoms with Crippen LogP contribution in [0.15, 0.2) is 41.0 Å². The van der Waals surface area contributed by atoms with Gasteiger partial charge in [-0.25, -0.2) is 4.98 Å². The highest BCUT2D eigenvalue weighted by molar-refractivity contribution is 8.00. The molecule has 1 aliphatic rings. The van der Waals surface area contributed by atoms with Crippen molar-refractivity contribution in [1.82, 2.24) is 19.7 Å². The van der Waals surface area contributed by atoms with Crippen LogP contribution in [-0.2, 0) is 11.2 Å². The van der Waals surface area contributed by atoms with Gasteiger partial charge in [-0.2, -0.15) is 0 Å². The van der Waals surface area contributed by atoms with E-state index in [1.54, 1.807) is 29.7 Å². The van der Waals surface area contributed by atoms with Gasteiger partial charge in [-0.05, 0) is 43.3 Å². The summed E-state index contributed by atoms with van der Waals surface area (Å²) in [6, 6.07) is 8.07. The normalized spacial score (nSPS) is 14.9. The summed E-state index contributed by atoms with van der Waals surface area (Å²) in [6.07, 6.45) is 4.63. The molecule has 1 unspecified atom stereocenters. The first-order chi connectivity index (χ1) is 13.1. The summed E-state index contributed by atoms with van der Waals surface area (Å²) in [5, 5.41) is 14.4. The third-order valence-electron chi connectivity index (χ3n) is 4.23. The van der Waals surface area contributed by atoms with Gasteiger partial charge in [0.25, 0.3) is 0 Å². The van der Waals surface area contributed by atoms with Crippen molar-refractivity contribution >= 4 is 46.3 Å². The van der Waals surface area contributed by atoms with Crippen LogP contribution in [0.4, 0.5) is 5.69 Å². The first-order valence-corrected chi connectivity index (χ1v) is 10.8. The molecular weight excluding hydrogens is 402 g/mol. The Hall–Kier alpha value is -1.90. The van der Waals surface area contributed by atoms with Gasteiger partial charge in [0.2, 0.25) is 5.91 Å². The van der Waals surface area contributed by atoms with Crippen molar-refractivity contribution < 1.29 is 4.79 Å². The Bertz CT molecular complexity index is 939. The lowest BCUT2D eigenvalue weighted by atomic mass is 10.3. The van der Waals surface area contributed by atoms with E-state index in [9.17, 15) is 4.79 Å². The molecule has 0 radical (unpaired) electrons. The van der Waals surface area contributed by atoms with E-state index in [0.717, 1.165) is 30.2 Å². The molecule has 0 bridgehead atoms. The molecule has 6 nitrogen and oxygen atoms in total. The minimum atomic E-state index is -0.336. The molecular formula is C18H18ClN5OS2. The van der Waals surface area contributed by atoms with E-state index in [1.165, 1.54) is 16.6 Å². The minimum Gasteiger partial charge on any atom is -0.322 e. The number of hydrogen-bond donors (Lipinski definition) is 1. The van der Waals surface area contributed by atoms with E-state index in [0.29, 0.717) is 11.7 Å². The largest absolute Gasteiger partial charge is 0.322 e. The predicted octanol–water partition coefficient (Wildman–Crippen LogP) is 4.43. The SMILES string of the molecule is CC(Sc1nnc(Cc2cccs2)n1C1CC1)C(=O)Nc1cccnc1Cl. The maximum atomic E-state index is 12.6. The monoisotopic (exact) mass is 419 g/mol. The second kappa shape index (κ2) is 8.00. The number of anilines is 1. The topological polar surface area (TPSA) is 72.7 Å². The minimum absolute atomic E-state index is 0.139. The maximum absolute atomic E-state index is 12.6. The van der Waals surface area contributed by atoms with Crippen LogP contribution >= 0.6 is 34.7 Å². The molecule has 4 rings (SSSR count). The van der Waals surface area contributed by atoms with Crippen molar-refractivity contribution in [2.75, 3.05) is 5.32 Å². The van der Waals surface area contributed by atoms with E-state index < -0.39 is 0 Å². The second-order valence-corrected chi connectivity index (χ2v) is 9.05. The highest BCUT2D eigenvalue weighted by Gasteiger charge is 2.31. The first kappa shape index (κ1) is 18.5. The van der Waals surface area contributed by atoms with Crippen LogP contribution in [0.2, 0.25) is 5.15 Å². The van der Waals surface area contributed by atoms with Crippen molar-refractivity contribution in [3.05, 3.63) is 51.7 Å². The van der Waals surface area contributed by atoms with Gasteiger partial charge in [-0.15, -0.1) is 21.5 Å². The van der Waals surface area contributed by atoms with Crippen LogP contribution in [-0.4, -0.2) is 30.9 Å². The predicted molar refractivity (Wildman–Crippen MR) is 109 cm³/mol. The molecule has 3 aromatic heterocycles. The standard InChI is InChI=1S/C18H18ClN5OS2/c1-11(17(25)21-14-5-2-8-20-16(14)19)27-18-23-22-15(24(18)12-6-7-12)10-13-4-3-9-26-13/h2-5,8-9,11-12H,6-7,10H2,1H3,(H,21,25). The van der Waals surface area contributed by atoms with Crippen molar-refractivity contribution in [2.24, 2.45) is 0 Å². The molecule has 1 amide bonds. The number of aromatic nitrogens is 4. The Kier molecular flexibility index (Phi) is 5.47. The number of pyridine rings is 1. The summed E-state index contributed by atoms with van der Waals surface area (Å²) < 4.78 is 2.20. The Balaban J connectivity index is 1.48. The summed E-state index contributed by atoms with van der Waals surface area (Å²) in [4.78, 5) is 17.8. The number of nitrogens with zero attached hydrogens (tertiary/aromatic N) is 4. The number of halogens is 1. The number of thioether (sulfide) groups is 1. The van der Waals surface area contributed by atoms with Gasteiger partial charge in [0.05, 0.1) is 10.9 Å². The number of thiophene rings is 1. The molecule has 27 heavy (non-hydrogen) atoms. The summed E-state index contributed by atoms with van der Waals surface area (Å²) in [5.41, 5.74) is 0.513. The molecule has 0 aliphatic heterocycles. The molecule has 0 saturated heterocycles. The van der Waals surface area contributed by atoms with Gasteiger partial charge >= 0.3 is 0 Å². The van der Waals surface area contributed by atoms with E-state index in [4.69, 9.17) is 11.6 Å². The highest BCUT2D eigenvalue weighted by Crippen LogP contribution is 2.40. The molecule has 1 aliphatic carbocycles. The van der Waals surface area contributed by atoms with Gasteiger partial charge in [0, 0.05) is 23.5 Å². The maximum Gasteiger partial charge on any atom is 0.237 e. The molecule has 1 atom stereocenters. The van der Waals surface area contributed by atoms with Crippen molar-refractivity contribution in [3.8, 4) is 0 Å². The van der Waals surface area contributed by atoms with Crippen molar-refractivity contribution in [3.63, 3.8) is 0 Å². The third-order valence-corrected chi connectivity index (χ3v) is 6.46. The zero-order chi connectivity index (χ0) is 18.8. The Labute approximate surface area is 170 Å². The van der Waals surface area contributed by atoms with Gasteiger partial charge < -0.3 is 9.88 Å². The Morgan fingerprint density at radius 1 is 1.41 bits per heavy atom. The molecule has 9 heteroatoms. The molecule has 3 aromatic rings. The number of nitrogens with one attached hydrogen (secondary N) is 1. The number of hydrogen-bond acceptors (Lipinski definition) is 6. The molecule has 1 fully saturated rings. The second-order valence-electron chi connectivity index (χ2n) is 6.35. The molecule has 140 valence electrons. The van der Waals surface area contributed by atoms with Gasteiger partial charge in [0.1, 0.15) is 5.82 Å². The van der Waals surface area contributed by atoms with E-state index >= 15 is 0 Å². The summed E-state index contributed by atoms with van der Waals surface area (Å²) in [5.74, 6) is 0.824. The van der Waals surface area contributed by atoms with Crippen LogP contribution in [0.5, 0.6) is 0 Å². The van der Waals surface area contributed by atoms with E-state index in [1.807, 2.05) is 13.0 Å². The molecule has 3 heterocycles. The lowest BCUT2D eigenvalue weighted by Crippen LogP contribution is -2.23. The van der Waals surface area contributed by atoms with E-state index in [2.05, 4.69) is 36.5 Å². The number of rotatable bonds is 7. The first-order valence-electron chi connectivity index (χ1n) is 8.66. The number of carbonyl (C=O) groups is 1. The molecule has 1 saturated carbocycles. The Morgan fingerprint density at radius 2 is 2.26 bits per heavy atom. The van der Waals surface area contributed by atoms with Gasteiger partial charge in [-0.3, -0.25) is 4.79 Å². The average molecular weight is 420 g/mol. The summed E-state index contributed by atoms with van der Waals surface area (Å²) in [7, 11) is 0. The van der Waals surface area contributed by atoms with Gasteiger partial charge in [-0.1, -0.05) is 29.4 Å². The van der Waals surface area contributed by atoms with Crippen molar-refractivity contribution in [2.45, 2.75) is 42.6 Å². The zero-order valence-electron chi connectivity index (χ0n) is 14.6. The van der Waals surface area contributed by atoms with Crippen LogP contribution in [0.1, 0.15) is 36.5 Å². The van der Waals surface area contributed by atoms with Crippen LogP contribution in [0, 0.1) is 0 Å². The number of amides is 1. The average Bonchev–Trinajstić information content (AvgIpc) is 3.21. The third kappa shape index (κ3) is 4.34. The number of carbonyl (C=O) groups excluding carboxylic acids is 1. The summed E-state index contributed by atoms with van der Waals surface area (Å²) >= 11 is 9.16. The molecule has 0 spiro atoms. The van der Waals surface area contributed by atoms with Crippen molar-refractivity contribution in [1.29, 1.82) is 0 Å². The fourth-order valence-corrected chi connectivity index (χ4v) is 4.51. The smallest absolute Gasteiger partial charge is 0.237 e. The van der Waals surface area contributed by atoms with Gasteiger partial charge in [0.15, 0.2) is 10.3 Å². The lowest BCUT2D eigenvalue weighted by molar-refractivity contribution is -0.115. The van der Waals surface area contributed by atoms with Crippen LogP contribution in [0.3, 0.4) is 0 Å². The highest BCUT2D eigenvalue weighted by atomic mass is 35.5. The van der Waals surface area contributed by atoms with Crippen LogP contribution in [0.25, 0.3) is 0 Å².